The summed E-state index contributed by atoms with van der Waals surface area (Å²) in [5.74, 6) is -0.0774. The Labute approximate surface area is 148 Å². The highest BCUT2D eigenvalue weighted by atomic mass is 16.2. The first-order chi connectivity index (χ1) is 12.1. The van der Waals surface area contributed by atoms with Crippen LogP contribution in [0.5, 0.6) is 0 Å². The third-order valence-corrected chi connectivity index (χ3v) is 4.47. The first-order valence-corrected chi connectivity index (χ1v) is 8.51. The monoisotopic (exact) mass is 337 g/mol. The molecule has 5 nitrogen and oxygen atoms in total. The fourth-order valence-corrected chi connectivity index (χ4v) is 3.09. The van der Waals surface area contributed by atoms with Gasteiger partial charge in [0.1, 0.15) is 6.04 Å². The smallest absolute Gasteiger partial charge is 0.318 e. The zero-order valence-corrected chi connectivity index (χ0v) is 14.6. The SMILES string of the molecule is CC(NC(=O)N(C)Cc1ccccc1)C(=O)N1CCc2ccccc21. The summed E-state index contributed by atoms with van der Waals surface area (Å²) in [6, 6.07) is 16.9. The number of para-hydroxylation sites is 1. The van der Waals surface area contributed by atoms with E-state index in [9.17, 15) is 9.59 Å². The van der Waals surface area contributed by atoms with Gasteiger partial charge in [0.05, 0.1) is 0 Å². The number of fused-ring (bicyclic) bond motifs is 1. The van der Waals surface area contributed by atoms with Crippen molar-refractivity contribution in [2.75, 3.05) is 18.5 Å². The van der Waals surface area contributed by atoms with E-state index in [4.69, 9.17) is 0 Å². The Balaban J connectivity index is 1.59. The van der Waals surface area contributed by atoms with Crippen LogP contribution in [0.25, 0.3) is 0 Å². The van der Waals surface area contributed by atoms with Gasteiger partial charge in [-0.3, -0.25) is 4.79 Å². The minimum absolute atomic E-state index is 0.0774. The van der Waals surface area contributed by atoms with Gasteiger partial charge in [-0.05, 0) is 30.5 Å². The van der Waals surface area contributed by atoms with Crippen LogP contribution in [0.4, 0.5) is 10.5 Å². The standard InChI is InChI=1S/C20H23N3O2/c1-15(19(24)23-13-12-17-10-6-7-11-18(17)23)21-20(25)22(2)14-16-8-4-3-5-9-16/h3-11,15H,12-14H2,1-2H3,(H,21,25). The van der Waals surface area contributed by atoms with E-state index >= 15 is 0 Å². The molecule has 3 rings (SSSR count). The van der Waals surface area contributed by atoms with Gasteiger partial charge < -0.3 is 15.1 Å². The summed E-state index contributed by atoms with van der Waals surface area (Å²) in [4.78, 5) is 28.4. The average Bonchev–Trinajstić information content (AvgIpc) is 3.05. The Morgan fingerprint density at radius 1 is 1.12 bits per heavy atom. The minimum Gasteiger partial charge on any atom is -0.326 e. The molecule has 1 N–H and O–H groups in total. The number of anilines is 1. The summed E-state index contributed by atoms with van der Waals surface area (Å²) >= 11 is 0. The molecule has 1 aliphatic rings. The van der Waals surface area contributed by atoms with Gasteiger partial charge in [0.25, 0.3) is 0 Å². The highest BCUT2D eigenvalue weighted by Crippen LogP contribution is 2.27. The van der Waals surface area contributed by atoms with Crippen LogP contribution >= 0.6 is 0 Å². The summed E-state index contributed by atoms with van der Waals surface area (Å²) in [7, 11) is 1.73. The summed E-state index contributed by atoms with van der Waals surface area (Å²) in [6.07, 6.45) is 0.858. The highest BCUT2D eigenvalue weighted by Gasteiger charge is 2.28. The molecule has 0 saturated carbocycles. The van der Waals surface area contributed by atoms with Crippen LogP contribution in [-0.4, -0.2) is 36.5 Å². The largest absolute Gasteiger partial charge is 0.326 e. The van der Waals surface area contributed by atoms with Gasteiger partial charge >= 0.3 is 6.03 Å². The second-order valence-corrected chi connectivity index (χ2v) is 6.38. The number of rotatable bonds is 4. The van der Waals surface area contributed by atoms with Gasteiger partial charge in [-0.2, -0.15) is 0 Å². The molecule has 25 heavy (non-hydrogen) atoms. The number of hydrogen-bond acceptors (Lipinski definition) is 2. The number of carbonyl (C=O) groups is 2. The second kappa shape index (κ2) is 7.38. The lowest BCUT2D eigenvalue weighted by atomic mass is 10.2. The molecule has 1 unspecified atom stereocenters. The van der Waals surface area contributed by atoms with Crippen LogP contribution in [0.3, 0.4) is 0 Å². The molecule has 0 aromatic heterocycles. The van der Waals surface area contributed by atoms with E-state index in [2.05, 4.69) is 5.32 Å². The minimum atomic E-state index is -0.572. The van der Waals surface area contributed by atoms with E-state index in [1.807, 2.05) is 54.6 Å². The summed E-state index contributed by atoms with van der Waals surface area (Å²) < 4.78 is 0. The molecular weight excluding hydrogens is 314 g/mol. The molecule has 3 amide bonds. The molecule has 0 fully saturated rings. The quantitative estimate of drug-likeness (QED) is 0.933. The van der Waals surface area contributed by atoms with Crippen molar-refractivity contribution < 1.29 is 9.59 Å². The van der Waals surface area contributed by atoms with Gasteiger partial charge in [-0.25, -0.2) is 4.79 Å². The Hall–Kier alpha value is -2.82. The van der Waals surface area contributed by atoms with Crippen LogP contribution in [0.15, 0.2) is 54.6 Å². The Morgan fingerprint density at radius 3 is 2.56 bits per heavy atom. The summed E-state index contributed by atoms with van der Waals surface area (Å²) in [5, 5.41) is 2.80. The normalized spacial score (nSPS) is 13.9. The molecule has 130 valence electrons. The first-order valence-electron chi connectivity index (χ1n) is 8.51. The van der Waals surface area contributed by atoms with Gasteiger partial charge in [0.2, 0.25) is 5.91 Å². The maximum atomic E-state index is 12.7. The van der Waals surface area contributed by atoms with Crippen molar-refractivity contribution in [3.63, 3.8) is 0 Å². The van der Waals surface area contributed by atoms with Crippen molar-refractivity contribution in [3.8, 4) is 0 Å². The number of nitrogens with one attached hydrogen (secondary N) is 1. The lowest BCUT2D eigenvalue weighted by Gasteiger charge is -2.25. The maximum absolute atomic E-state index is 12.7. The van der Waals surface area contributed by atoms with Gasteiger partial charge in [-0.15, -0.1) is 0 Å². The lowest BCUT2D eigenvalue weighted by molar-refractivity contribution is -0.119. The van der Waals surface area contributed by atoms with Crippen molar-refractivity contribution in [1.82, 2.24) is 10.2 Å². The molecular formula is C20H23N3O2. The first kappa shape index (κ1) is 17.0. The predicted molar refractivity (Wildman–Crippen MR) is 98.4 cm³/mol. The third kappa shape index (κ3) is 3.82. The van der Waals surface area contributed by atoms with E-state index in [-0.39, 0.29) is 11.9 Å². The van der Waals surface area contributed by atoms with E-state index < -0.39 is 6.04 Å². The highest BCUT2D eigenvalue weighted by molar-refractivity contribution is 6.00. The zero-order chi connectivity index (χ0) is 17.8. The zero-order valence-electron chi connectivity index (χ0n) is 14.6. The van der Waals surface area contributed by atoms with Crippen LogP contribution in [0.1, 0.15) is 18.1 Å². The van der Waals surface area contributed by atoms with Crippen molar-refractivity contribution >= 4 is 17.6 Å². The molecule has 0 aliphatic carbocycles. The van der Waals surface area contributed by atoms with Crippen LogP contribution in [-0.2, 0) is 17.8 Å². The number of hydrogen-bond donors (Lipinski definition) is 1. The number of carbonyl (C=O) groups excluding carboxylic acids is 2. The van der Waals surface area contributed by atoms with E-state index in [1.165, 1.54) is 5.56 Å². The number of amides is 3. The lowest BCUT2D eigenvalue weighted by Crippen LogP contribution is -2.49. The van der Waals surface area contributed by atoms with E-state index in [0.29, 0.717) is 13.1 Å². The van der Waals surface area contributed by atoms with Crippen molar-refractivity contribution in [3.05, 3.63) is 65.7 Å². The predicted octanol–water partition coefficient (Wildman–Crippen LogP) is 2.81. The number of benzene rings is 2. The van der Waals surface area contributed by atoms with Gasteiger partial charge in [0, 0.05) is 25.8 Å². The van der Waals surface area contributed by atoms with Crippen molar-refractivity contribution in [1.29, 1.82) is 0 Å². The average molecular weight is 337 g/mol. The molecule has 2 aromatic carbocycles. The van der Waals surface area contributed by atoms with Crippen LogP contribution < -0.4 is 10.2 Å². The van der Waals surface area contributed by atoms with Gasteiger partial charge in [-0.1, -0.05) is 48.5 Å². The third-order valence-electron chi connectivity index (χ3n) is 4.47. The number of urea groups is 1. The number of nitrogens with zero attached hydrogens (tertiary/aromatic N) is 2. The second-order valence-electron chi connectivity index (χ2n) is 6.38. The maximum Gasteiger partial charge on any atom is 0.318 e. The van der Waals surface area contributed by atoms with Gasteiger partial charge in [0.15, 0.2) is 0 Å². The van der Waals surface area contributed by atoms with Crippen molar-refractivity contribution in [2.45, 2.75) is 25.9 Å². The van der Waals surface area contributed by atoms with Crippen LogP contribution in [0.2, 0.25) is 0 Å². The molecule has 5 heteroatoms. The fourth-order valence-electron chi connectivity index (χ4n) is 3.09. The van der Waals surface area contributed by atoms with Crippen molar-refractivity contribution in [2.24, 2.45) is 0 Å². The Kier molecular flexibility index (Phi) is 5.03. The molecule has 1 atom stereocenters. The molecule has 0 radical (unpaired) electrons. The topological polar surface area (TPSA) is 52.7 Å². The molecule has 1 aliphatic heterocycles. The Morgan fingerprint density at radius 2 is 1.80 bits per heavy atom. The molecule has 0 saturated heterocycles. The molecule has 0 bridgehead atoms. The molecule has 2 aromatic rings. The summed E-state index contributed by atoms with van der Waals surface area (Å²) in [5.41, 5.74) is 3.18. The van der Waals surface area contributed by atoms with E-state index in [0.717, 1.165) is 17.7 Å². The Bertz CT molecular complexity index is 761. The van der Waals surface area contributed by atoms with Crippen LogP contribution in [0, 0.1) is 0 Å². The van der Waals surface area contributed by atoms with E-state index in [1.54, 1.807) is 23.8 Å². The molecule has 1 heterocycles. The molecule has 0 spiro atoms. The summed E-state index contributed by atoms with van der Waals surface area (Å²) in [6.45, 7) is 2.90. The fraction of sp³-hybridized carbons (Fsp3) is 0.300.